The van der Waals surface area contributed by atoms with Crippen LogP contribution in [0.1, 0.15) is 64.7 Å². The average Bonchev–Trinajstić information content (AvgIpc) is 3.56. The number of carbonyl (C=O) groups excluding carboxylic acids is 1. The van der Waals surface area contributed by atoms with Gasteiger partial charge in [-0.05, 0) is 68.1 Å². The summed E-state index contributed by atoms with van der Waals surface area (Å²) in [4.78, 5) is 18.6. The van der Waals surface area contributed by atoms with Crippen molar-refractivity contribution in [2.75, 3.05) is 33.2 Å². The summed E-state index contributed by atoms with van der Waals surface area (Å²) in [5.41, 5.74) is 4.73. The first-order valence-corrected chi connectivity index (χ1v) is 13.0. The highest BCUT2D eigenvalue weighted by Gasteiger charge is 2.38. The van der Waals surface area contributed by atoms with Crippen LogP contribution in [0, 0.1) is 0 Å². The number of hydrogen-bond donors (Lipinski definition) is 1. The number of amides is 1. The molecule has 2 heterocycles. The van der Waals surface area contributed by atoms with Crippen LogP contribution in [0.4, 0.5) is 0 Å². The monoisotopic (exact) mass is 467 g/mol. The molecule has 0 aliphatic carbocycles. The molecule has 0 aromatic heterocycles. The average molecular weight is 468 g/mol. The molecule has 182 valence electrons. The molecule has 2 aliphatic heterocycles. The first-order valence-electron chi connectivity index (χ1n) is 13.0. The van der Waals surface area contributed by atoms with E-state index in [1.54, 1.807) is 0 Å². The Morgan fingerprint density at radius 2 is 1.60 bits per heavy atom. The molecule has 3 aromatic rings. The first kappa shape index (κ1) is 23.8. The van der Waals surface area contributed by atoms with Gasteiger partial charge in [0.1, 0.15) is 0 Å². The molecule has 3 aromatic carbocycles. The lowest BCUT2D eigenvalue weighted by molar-refractivity contribution is 0.0707. The fourth-order valence-electron chi connectivity index (χ4n) is 5.87. The van der Waals surface area contributed by atoms with E-state index in [0.29, 0.717) is 11.8 Å². The van der Waals surface area contributed by atoms with E-state index in [-0.39, 0.29) is 18.0 Å². The Labute approximate surface area is 210 Å². The second-order valence-corrected chi connectivity index (χ2v) is 10.2. The van der Waals surface area contributed by atoms with Gasteiger partial charge in [0.25, 0.3) is 5.91 Å². The van der Waals surface area contributed by atoms with E-state index in [9.17, 15) is 4.79 Å². The van der Waals surface area contributed by atoms with Gasteiger partial charge >= 0.3 is 0 Å². The van der Waals surface area contributed by atoms with E-state index in [1.807, 2.05) is 19.2 Å². The summed E-state index contributed by atoms with van der Waals surface area (Å²) in [6.07, 6.45) is 2.21. The Balaban J connectivity index is 1.35. The van der Waals surface area contributed by atoms with Crippen LogP contribution in [0.15, 0.2) is 84.9 Å². The quantitative estimate of drug-likeness (QED) is 0.502. The summed E-state index contributed by atoms with van der Waals surface area (Å²) in [6, 6.07) is 30.2. The van der Waals surface area contributed by atoms with Crippen LogP contribution in [-0.4, -0.2) is 55.0 Å². The highest BCUT2D eigenvalue weighted by Crippen LogP contribution is 2.35. The molecule has 1 N–H and O–H groups in total. The predicted molar refractivity (Wildman–Crippen MR) is 143 cm³/mol. The van der Waals surface area contributed by atoms with E-state index in [4.69, 9.17) is 0 Å². The van der Waals surface area contributed by atoms with Gasteiger partial charge in [0, 0.05) is 43.2 Å². The van der Waals surface area contributed by atoms with E-state index in [0.717, 1.165) is 43.7 Å². The molecule has 4 atom stereocenters. The zero-order valence-corrected chi connectivity index (χ0v) is 20.9. The fraction of sp³-hybridized carbons (Fsp3) is 0.387. The number of nitrogens with one attached hydrogen (secondary N) is 1. The Kier molecular flexibility index (Phi) is 7.31. The first-order chi connectivity index (χ1) is 17.1. The van der Waals surface area contributed by atoms with Gasteiger partial charge in [0.2, 0.25) is 0 Å². The van der Waals surface area contributed by atoms with Crippen LogP contribution in [0.2, 0.25) is 0 Å². The lowest BCUT2D eigenvalue weighted by Gasteiger charge is -2.29. The summed E-state index contributed by atoms with van der Waals surface area (Å²) in [5.74, 6) is 1.14. The van der Waals surface area contributed by atoms with Gasteiger partial charge in [0.15, 0.2) is 0 Å². The van der Waals surface area contributed by atoms with Crippen molar-refractivity contribution >= 4 is 5.91 Å². The van der Waals surface area contributed by atoms with E-state index in [2.05, 4.69) is 94.8 Å². The molecule has 4 nitrogen and oxygen atoms in total. The molecule has 2 fully saturated rings. The van der Waals surface area contributed by atoms with Gasteiger partial charge in [-0.15, -0.1) is 0 Å². The molecule has 2 saturated heterocycles. The highest BCUT2D eigenvalue weighted by molar-refractivity contribution is 5.95. The van der Waals surface area contributed by atoms with Gasteiger partial charge in [-0.3, -0.25) is 4.79 Å². The van der Waals surface area contributed by atoms with Gasteiger partial charge in [-0.25, -0.2) is 0 Å². The third kappa shape index (κ3) is 5.34. The zero-order valence-electron chi connectivity index (χ0n) is 20.9. The molecule has 0 saturated carbocycles. The van der Waals surface area contributed by atoms with Crippen molar-refractivity contribution in [3.63, 3.8) is 0 Å². The molecular formula is C31H37N3O. The maximum atomic E-state index is 13.8. The van der Waals surface area contributed by atoms with Crippen LogP contribution >= 0.6 is 0 Å². The molecular weight excluding hydrogens is 430 g/mol. The summed E-state index contributed by atoms with van der Waals surface area (Å²) in [5, 5.41) is 3.29. The Morgan fingerprint density at radius 3 is 2.29 bits per heavy atom. The van der Waals surface area contributed by atoms with Crippen LogP contribution in [0.5, 0.6) is 0 Å². The Morgan fingerprint density at radius 1 is 0.914 bits per heavy atom. The van der Waals surface area contributed by atoms with Crippen molar-refractivity contribution in [2.24, 2.45) is 0 Å². The highest BCUT2D eigenvalue weighted by atomic mass is 16.2. The third-order valence-electron chi connectivity index (χ3n) is 8.03. The van der Waals surface area contributed by atoms with Gasteiger partial charge < -0.3 is 15.1 Å². The Bertz CT molecular complexity index is 1120. The van der Waals surface area contributed by atoms with Gasteiger partial charge in [-0.1, -0.05) is 72.8 Å². The lowest BCUT2D eigenvalue weighted by Crippen LogP contribution is -2.42. The number of nitrogens with zero attached hydrogens (tertiary/aromatic N) is 2. The molecule has 4 heteroatoms. The summed E-state index contributed by atoms with van der Waals surface area (Å²) in [6.45, 7) is 6.04. The summed E-state index contributed by atoms with van der Waals surface area (Å²) in [7, 11) is 1.96. The largest absolute Gasteiger partial charge is 0.334 e. The van der Waals surface area contributed by atoms with Crippen LogP contribution in [-0.2, 0) is 0 Å². The van der Waals surface area contributed by atoms with Crippen molar-refractivity contribution < 1.29 is 4.79 Å². The number of benzene rings is 3. The lowest BCUT2D eigenvalue weighted by atomic mass is 9.96. The second kappa shape index (κ2) is 10.8. The SMILES string of the molecule is CN[C@@H](C)c1cccc(C(=O)N2C[C@@H](c3ccccc3)C[C@H]2CN2CC[C@H](c3ccccc3)C2)c1. The van der Waals surface area contributed by atoms with Crippen LogP contribution in [0.25, 0.3) is 0 Å². The number of rotatable bonds is 7. The standard InChI is InChI=1S/C31H37N3O/c1-23(32-2)26-14-9-15-27(18-26)31(35)34-21-29(25-12-7-4-8-13-25)19-30(34)22-33-17-16-28(20-33)24-10-5-3-6-11-24/h3-15,18,23,28-30,32H,16-17,19-22H2,1-2H3/t23-,28-,29-,30-/m0/s1. The molecule has 0 radical (unpaired) electrons. The van der Waals surface area contributed by atoms with Crippen molar-refractivity contribution in [2.45, 2.75) is 43.7 Å². The van der Waals surface area contributed by atoms with E-state index < -0.39 is 0 Å². The number of carbonyl (C=O) groups is 1. The molecule has 2 aliphatic rings. The summed E-state index contributed by atoms with van der Waals surface area (Å²) >= 11 is 0. The second-order valence-electron chi connectivity index (χ2n) is 10.2. The van der Waals surface area contributed by atoms with Gasteiger partial charge in [-0.2, -0.15) is 0 Å². The van der Waals surface area contributed by atoms with Crippen molar-refractivity contribution in [1.82, 2.24) is 15.1 Å². The summed E-state index contributed by atoms with van der Waals surface area (Å²) < 4.78 is 0. The molecule has 5 rings (SSSR count). The Hall–Kier alpha value is -2.95. The minimum atomic E-state index is 0.164. The molecule has 0 bridgehead atoms. The molecule has 35 heavy (non-hydrogen) atoms. The van der Waals surface area contributed by atoms with E-state index in [1.165, 1.54) is 17.5 Å². The number of hydrogen-bond acceptors (Lipinski definition) is 3. The smallest absolute Gasteiger partial charge is 0.254 e. The van der Waals surface area contributed by atoms with E-state index >= 15 is 0 Å². The van der Waals surface area contributed by atoms with Gasteiger partial charge in [0.05, 0.1) is 0 Å². The number of likely N-dealkylation sites (tertiary alicyclic amines) is 2. The molecule has 0 spiro atoms. The van der Waals surface area contributed by atoms with Crippen LogP contribution in [0.3, 0.4) is 0 Å². The predicted octanol–water partition coefficient (Wildman–Crippen LogP) is 5.45. The minimum Gasteiger partial charge on any atom is -0.334 e. The topological polar surface area (TPSA) is 35.6 Å². The third-order valence-corrected chi connectivity index (χ3v) is 8.03. The normalized spacial score (nSPS) is 23.5. The maximum absolute atomic E-state index is 13.8. The molecule has 0 unspecified atom stereocenters. The van der Waals surface area contributed by atoms with Crippen molar-refractivity contribution in [3.05, 3.63) is 107 Å². The van der Waals surface area contributed by atoms with Crippen LogP contribution < -0.4 is 5.32 Å². The molecule has 1 amide bonds. The van der Waals surface area contributed by atoms with Crippen molar-refractivity contribution in [1.29, 1.82) is 0 Å². The zero-order chi connectivity index (χ0) is 24.2. The maximum Gasteiger partial charge on any atom is 0.254 e. The fourth-order valence-corrected chi connectivity index (χ4v) is 5.87. The van der Waals surface area contributed by atoms with Crippen molar-refractivity contribution in [3.8, 4) is 0 Å². The minimum absolute atomic E-state index is 0.164.